The van der Waals surface area contributed by atoms with Crippen molar-refractivity contribution in [3.8, 4) is 0 Å². The van der Waals surface area contributed by atoms with Crippen LogP contribution in [0.2, 0.25) is 0 Å². The predicted octanol–water partition coefficient (Wildman–Crippen LogP) is 12.6. The Bertz CT molecular complexity index is 543. The minimum Gasteiger partial charge on any atom is -0.382 e. The Morgan fingerprint density at radius 2 is 0.850 bits per heavy atom. The summed E-state index contributed by atoms with van der Waals surface area (Å²) in [5, 5.41) is 13.7. The molecule has 1 unspecified atom stereocenters. The summed E-state index contributed by atoms with van der Waals surface area (Å²) < 4.78 is 0.963. The first kappa shape index (κ1) is 40.3. The van der Waals surface area contributed by atoms with Crippen LogP contribution in [0, 0.1) is 0 Å². The van der Waals surface area contributed by atoms with Crippen LogP contribution in [0.1, 0.15) is 200 Å². The average Bonchev–Trinajstić information content (AvgIpc) is 2.93. The lowest BCUT2D eigenvalue weighted by Crippen LogP contribution is -2.25. The Balaban J connectivity index is 3.39. The van der Waals surface area contributed by atoms with Crippen molar-refractivity contribution in [2.45, 2.75) is 205 Å². The van der Waals surface area contributed by atoms with Gasteiger partial charge in [-0.3, -0.25) is 0 Å². The fourth-order valence-corrected chi connectivity index (χ4v) is 6.81. The molecule has 1 atom stereocenters. The van der Waals surface area contributed by atoms with E-state index in [9.17, 15) is 5.11 Å². The van der Waals surface area contributed by atoms with Crippen molar-refractivity contribution in [2.24, 2.45) is 0 Å². The standard InChI is InChI=1S/C35H69NOS3/c1-3-5-7-9-11-13-15-17-19-21-23-25-27-29-33(38)36-32-31-34(37)40-35(39)30-28-26-24-22-20-18-16-14-12-10-8-6-4-2/h34,37H,3-32H2,1-2H3,(H,36,38). The SMILES string of the molecule is CCCCCCCCCCCCCCCC(=S)NCCC(O)SC(=S)CCCCCCCCCCCCCCC. The highest BCUT2D eigenvalue weighted by molar-refractivity contribution is 8.23. The monoisotopic (exact) mass is 615 g/mol. The quantitative estimate of drug-likeness (QED) is 0.0447. The smallest absolute Gasteiger partial charge is 0.106 e. The van der Waals surface area contributed by atoms with E-state index in [-0.39, 0.29) is 0 Å². The third-order valence-electron chi connectivity index (χ3n) is 7.97. The van der Waals surface area contributed by atoms with Crippen molar-refractivity contribution in [3.05, 3.63) is 0 Å². The van der Waals surface area contributed by atoms with Crippen LogP contribution in [0.5, 0.6) is 0 Å². The Morgan fingerprint density at radius 1 is 0.525 bits per heavy atom. The highest BCUT2D eigenvalue weighted by atomic mass is 32.2. The van der Waals surface area contributed by atoms with E-state index in [1.54, 1.807) is 0 Å². The maximum Gasteiger partial charge on any atom is 0.106 e. The van der Waals surface area contributed by atoms with Gasteiger partial charge in [-0.2, -0.15) is 0 Å². The van der Waals surface area contributed by atoms with Gasteiger partial charge in [0.05, 0.1) is 9.19 Å². The number of thioether (sulfide) groups is 1. The molecule has 0 aromatic carbocycles. The summed E-state index contributed by atoms with van der Waals surface area (Å²) in [5.41, 5.74) is -0.416. The van der Waals surface area contributed by atoms with E-state index in [0.29, 0.717) is 6.42 Å². The Labute approximate surface area is 266 Å². The first-order valence-electron chi connectivity index (χ1n) is 17.7. The summed E-state index contributed by atoms with van der Waals surface area (Å²) in [7, 11) is 0. The molecule has 2 nitrogen and oxygen atoms in total. The number of aliphatic hydroxyl groups is 1. The van der Waals surface area contributed by atoms with E-state index >= 15 is 0 Å². The highest BCUT2D eigenvalue weighted by Gasteiger charge is 2.09. The van der Waals surface area contributed by atoms with E-state index in [1.807, 2.05) is 0 Å². The summed E-state index contributed by atoms with van der Waals surface area (Å²) >= 11 is 12.5. The Kier molecular flexibility index (Phi) is 34.0. The molecule has 2 N–H and O–H groups in total. The van der Waals surface area contributed by atoms with Gasteiger partial charge in [0, 0.05) is 13.0 Å². The van der Waals surface area contributed by atoms with Crippen molar-refractivity contribution in [1.29, 1.82) is 0 Å². The maximum absolute atomic E-state index is 10.3. The summed E-state index contributed by atoms with van der Waals surface area (Å²) in [6.07, 6.45) is 38.4. The molecular weight excluding hydrogens is 547 g/mol. The fraction of sp³-hybridized carbons (Fsp3) is 0.943. The third-order valence-corrected chi connectivity index (χ3v) is 9.79. The van der Waals surface area contributed by atoms with Gasteiger partial charge in [0.2, 0.25) is 0 Å². The molecule has 0 radical (unpaired) electrons. The predicted molar refractivity (Wildman–Crippen MR) is 192 cm³/mol. The minimum absolute atomic E-state index is 0.416. The van der Waals surface area contributed by atoms with Gasteiger partial charge < -0.3 is 10.4 Å². The van der Waals surface area contributed by atoms with Crippen LogP contribution in [0.25, 0.3) is 0 Å². The summed E-state index contributed by atoms with van der Waals surface area (Å²) in [5.74, 6) is 0. The number of aliphatic hydroxyl groups excluding tert-OH is 1. The van der Waals surface area contributed by atoms with Gasteiger partial charge in [-0.1, -0.05) is 204 Å². The molecule has 238 valence electrons. The highest BCUT2D eigenvalue weighted by Crippen LogP contribution is 2.20. The molecule has 0 fully saturated rings. The second-order valence-electron chi connectivity index (χ2n) is 12.1. The molecular formula is C35H69NOS3. The van der Waals surface area contributed by atoms with E-state index < -0.39 is 5.44 Å². The maximum atomic E-state index is 10.3. The topological polar surface area (TPSA) is 32.3 Å². The van der Waals surface area contributed by atoms with Gasteiger partial charge in [0.25, 0.3) is 0 Å². The van der Waals surface area contributed by atoms with Gasteiger partial charge >= 0.3 is 0 Å². The van der Waals surface area contributed by atoms with Gasteiger partial charge in [-0.15, -0.1) is 0 Å². The first-order valence-corrected chi connectivity index (χ1v) is 19.4. The third kappa shape index (κ3) is 32.8. The number of hydrogen-bond donors (Lipinski definition) is 2. The molecule has 0 aliphatic heterocycles. The lowest BCUT2D eigenvalue weighted by Gasteiger charge is -2.13. The molecule has 0 saturated heterocycles. The number of unbranched alkanes of at least 4 members (excludes halogenated alkanes) is 24. The fourth-order valence-electron chi connectivity index (χ4n) is 5.28. The first-order chi connectivity index (χ1) is 19.6. The average molecular weight is 616 g/mol. The summed E-state index contributed by atoms with van der Waals surface area (Å²) in [6, 6.07) is 0. The van der Waals surface area contributed by atoms with Crippen molar-refractivity contribution in [2.75, 3.05) is 6.54 Å². The van der Waals surface area contributed by atoms with Crippen molar-refractivity contribution in [1.82, 2.24) is 5.32 Å². The van der Waals surface area contributed by atoms with E-state index in [4.69, 9.17) is 24.4 Å². The zero-order valence-electron chi connectivity index (χ0n) is 27.0. The molecule has 0 heterocycles. The minimum atomic E-state index is -0.416. The Hall–Kier alpha value is 0.290. The van der Waals surface area contributed by atoms with Crippen molar-refractivity contribution >= 4 is 45.4 Å². The molecule has 5 heteroatoms. The largest absolute Gasteiger partial charge is 0.382 e. The van der Waals surface area contributed by atoms with Gasteiger partial charge in [-0.05, 0) is 25.7 Å². The molecule has 0 spiro atoms. The summed E-state index contributed by atoms with van der Waals surface area (Å²) in [6.45, 7) is 5.31. The van der Waals surface area contributed by atoms with Crippen LogP contribution in [-0.2, 0) is 0 Å². The van der Waals surface area contributed by atoms with E-state index in [0.717, 1.165) is 35.0 Å². The Morgan fingerprint density at radius 3 is 1.23 bits per heavy atom. The van der Waals surface area contributed by atoms with Gasteiger partial charge in [0.15, 0.2) is 0 Å². The zero-order valence-corrected chi connectivity index (χ0v) is 29.4. The van der Waals surface area contributed by atoms with Crippen LogP contribution in [-0.4, -0.2) is 26.3 Å². The van der Waals surface area contributed by atoms with Crippen molar-refractivity contribution in [3.63, 3.8) is 0 Å². The molecule has 0 amide bonds. The number of rotatable bonds is 32. The van der Waals surface area contributed by atoms with Gasteiger partial charge in [0.1, 0.15) is 5.44 Å². The molecule has 0 bridgehead atoms. The van der Waals surface area contributed by atoms with Crippen LogP contribution in [0.3, 0.4) is 0 Å². The van der Waals surface area contributed by atoms with Crippen LogP contribution in [0.15, 0.2) is 0 Å². The second-order valence-corrected chi connectivity index (χ2v) is 14.6. The van der Waals surface area contributed by atoms with E-state index in [2.05, 4.69) is 19.2 Å². The molecule has 0 aromatic heterocycles. The molecule has 0 aromatic rings. The summed E-state index contributed by atoms with van der Waals surface area (Å²) in [4.78, 5) is 0.954. The molecule has 0 aliphatic rings. The zero-order chi connectivity index (χ0) is 29.4. The van der Waals surface area contributed by atoms with Crippen molar-refractivity contribution < 1.29 is 5.11 Å². The lowest BCUT2D eigenvalue weighted by molar-refractivity contribution is 0.255. The normalized spacial score (nSPS) is 12.1. The van der Waals surface area contributed by atoms with Crippen LogP contribution in [0.4, 0.5) is 0 Å². The molecule has 0 rings (SSSR count). The van der Waals surface area contributed by atoms with E-state index in [1.165, 1.54) is 172 Å². The number of nitrogens with one attached hydrogen (secondary N) is 1. The van der Waals surface area contributed by atoms with Gasteiger partial charge in [-0.25, -0.2) is 0 Å². The molecule has 0 aliphatic carbocycles. The van der Waals surface area contributed by atoms with Crippen LogP contribution < -0.4 is 5.32 Å². The lowest BCUT2D eigenvalue weighted by atomic mass is 10.0. The molecule has 0 saturated carbocycles. The number of thiocarbonyl (C=S) groups is 2. The molecule has 40 heavy (non-hydrogen) atoms. The number of hydrogen-bond acceptors (Lipinski definition) is 4. The van der Waals surface area contributed by atoms with Crippen LogP contribution >= 0.6 is 36.2 Å². The second kappa shape index (κ2) is 33.8.